The lowest BCUT2D eigenvalue weighted by molar-refractivity contribution is -0.120. The third kappa shape index (κ3) is 3.41. The molecule has 1 saturated heterocycles. The number of carbonyl (C=O) groups is 3. The molecule has 1 aliphatic heterocycles. The van der Waals surface area contributed by atoms with Gasteiger partial charge in [0, 0.05) is 29.4 Å². The largest absolute Gasteiger partial charge is 0.497 e. The minimum Gasteiger partial charge on any atom is -0.497 e. The van der Waals surface area contributed by atoms with Gasteiger partial charge in [0.25, 0.3) is 0 Å². The van der Waals surface area contributed by atoms with Crippen LogP contribution in [0.4, 0.5) is 21.0 Å². The van der Waals surface area contributed by atoms with Gasteiger partial charge in [0.1, 0.15) is 11.8 Å². The highest BCUT2D eigenvalue weighted by Crippen LogP contribution is 2.48. The number of urea groups is 1. The van der Waals surface area contributed by atoms with Crippen LogP contribution in [0.25, 0.3) is 10.9 Å². The highest BCUT2D eigenvalue weighted by atomic mass is 16.5. The molecule has 32 heavy (non-hydrogen) atoms. The molecule has 4 N–H and O–H groups in total. The summed E-state index contributed by atoms with van der Waals surface area (Å²) >= 11 is 0. The summed E-state index contributed by atoms with van der Waals surface area (Å²) in [5, 5.41) is 6.47. The predicted molar refractivity (Wildman–Crippen MR) is 120 cm³/mol. The zero-order valence-electron chi connectivity index (χ0n) is 17.4. The van der Waals surface area contributed by atoms with Crippen LogP contribution in [0, 0.1) is 5.92 Å². The van der Waals surface area contributed by atoms with Crippen molar-refractivity contribution in [2.75, 3.05) is 17.7 Å². The number of aromatic nitrogens is 1. The maximum Gasteiger partial charge on any atom is 0.323 e. The Labute approximate surface area is 184 Å². The first-order valence-electron chi connectivity index (χ1n) is 10.4. The summed E-state index contributed by atoms with van der Waals surface area (Å²) in [6, 6.07) is 12.7. The van der Waals surface area contributed by atoms with Crippen molar-refractivity contribution in [3.8, 4) is 5.75 Å². The molecule has 2 aliphatic rings. The topological polar surface area (TPSA) is 119 Å². The Morgan fingerprint density at radius 3 is 2.66 bits per heavy atom. The van der Waals surface area contributed by atoms with Gasteiger partial charge in [-0.3, -0.25) is 9.36 Å². The molecular formula is C23H23N5O4. The van der Waals surface area contributed by atoms with Gasteiger partial charge in [-0.15, -0.1) is 0 Å². The van der Waals surface area contributed by atoms with E-state index in [2.05, 4.69) is 10.6 Å². The molecule has 0 bridgehead atoms. The predicted octanol–water partition coefficient (Wildman–Crippen LogP) is 3.21. The standard InChI is InChI=1S/C23H23N5O4/c1-32-15-6-4-5-14(11-15)25-21(29)20-10-13-9-19(13)28(20)23(31)26-17-12-27(22(24)30)18-8-3-2-7-16(17)18/h2-8,11-13,19-20H,9-10H2,1H3,(H2,24,30)(H,25,29)(H,26,31)/t13?,19?,20-/m0/s1. The zero-order valence-corrected chi connectivity index (χ0v) is 17.4. The van der Waals surface area contributed by atoms with Crippen LogP contribution in [0.1, 0.15) is 12.8 Å². The van der Waals surface area contributed by atoms with E-state index in [1.165, 1.54) is 10.8 Å². The van der Waals surface area contributed by atoms with E-state index in [9.17, 15) is 14.4 Å². The van der Waals surface area contributed by atoms with Gasteiger partial charge in [0.2, 0.25) is 5.91 Å². The van der Waals surface area contributed by atoms with Crippen molar-refractivity contribution >= 4 is 40.2 Å². The lowest BCUT2D eigenvalue weighted by atomic mass is 10.1. The van der Waals surface area contributed by atoms with Crippen molar-refractivity contribution in [3.63, 3.8) is 0 Å². The van der Waals surface area contributed by atoms with Crippen LogP contribution in [0.3, 0.4) is 0 Å². The minimum atomic E-state index is -0.638. The highest BCUT2D eigenvalue weighted by molar-refractivity contribution is 6.06. The zero-order chi connectivity index (χ0) is 22.4. The molecule has 5 rings (SSSR count). The summed E-state index contributed by atoms with van der Waals surface area (Å²) in [4.78, 5) is 39.7. The number of anilines is 2. The van der Waals surface area contributed by atoms with E-state index in [1.807, 2.05) is 6.07 Å². The number of nitrogens with one attached hydrogen (secondary N) is 2. The van der Waals surface area contributed by atoms with Crippen LogP contribution in [-0.4, -0.2) is 46.6 Å². The highest BCUT2D eigenvalue weighted by Gasteiger charge is 2.56. The number of likely N-dealkylation sites (tertiary alicyclic amines) is 1. The molecule has 1 aromatic heterocycles. The second-order valence-electron chi connectivity index (χ2n) is 8.14. The number of hydrogen-bond donors (Lipinski definition) is 3. The number of nitrogens with two attached hydrogens (primary N) is 1. The number of para-hydroxylation sites is 1. The molecule has 2 fully saturated rings. The number of benzene rings is 2. The summed E-state index contributed by atoms with van der Waals surface area (Å²) in [5.74, 6) is 0.728. The van der Waals surface area contributed by atoms with Crippen molar-refractivity contribution in [2.24, 2.45) is 11.7 Å². The summed E-state index contributed by atoms with van der Waals surface area (Å²) in [6.45, 7) is 0. The van der Waals surface area contributed by atoms with Gasteiger partial charge >= 0.3 is 12.1 Å². The van der Waals surface area contributed by atoms with E-state index >= 15 is 0 Å². The van der Waals surface area contributed by atoms with Gasteiger partial charge in [0.05, 0.1) is 18.3 Å². The fourth-order valence-corrected chi connectivity index (χ4v) is 4.55. The quantitative estimate of drug-likeness (QED) is 0.585. The molecule has 3 atom stereocenters. The molecule has 164 valence electrons. The second kappa shape index (κ2) is 7.60. The Balaban J connectivity index is 1.37. The Bertz CT molecular complexity index is 1240. The van der Waals surface area contributed by atoms with Crippen LogP contribution in [-0.2, 0) is 4.79 Å². The molecule has 0 spiro atoms. The van der Waals surface area contributed by atoms with E-state index in [0.717, 1.165) is 6.42 Å². The molecule has 1 aliphatic carbocycles. The molecule has 3 aromatic rings. The number of amides is 4. The van der Waals surface area contributed by atoms with Crippen molar-refractivity contribution < 1.29 is 19.1 Å². The van der Waals surface area contributed by atoms with Crippen LogP contribution in [0.15, 0.2) is 54.7 Å². The van der Waals surface area contributed by atoms with Gasteiger partial charge in [-0.2, -0.15) is 0 Å². The van der Waals surface area contributed by atoms with Gasteiger partial charge in [-0.1, -0.05) is 24.3 Å². The Morgan fingerprint density at radius 1 is 1.06 bits per heavy atom. The SMILES string of the molecule is COc1cccc(NC(=O)[C@@H]2CC3CC3N2C(=O)Nc2cn(C(N)=O)c3ccccc23)c1. The van der Waals surface area contributed by atoms with E-state index in [4.69, 9.17) is 10.5 Å². The Morgan fingerprint density at radius 2 is 1.88 bits per heavy atom. The molecule has 9 heteroatoms. The molecular weight excluding hydrogens is 410 g/mol. The summed E-state index contributed by atoms with van der Waals surface area (Å²) in [7, 11) is 1.56. The van der Waals surface area contributed by atoms with Crippen LogP contribution < -0.4 is 21.1 Å². The van der Waals surface area contributed by atoms with Crippen molar-refractivity contribution in [3.05, 3.63) is 54.7 Å². The van der Waals surface area contributed by atoms with Crippen molar-refractivity contribution in [2.45, 2.75) is 24.9 Å². The van der Waals surface area contributed by atoms with E-state index in [1.54, 1.807) is 54.5 Å². The third-order valence-electron chi connectivity index (χ3n) is 6.17. The Hall–Kier alpha value is -4.01. The number of ether oxygens (including phenoxy) is 1. The van der Waals surface area contributed by atoms with Crippen LogP contribution in [0.2, 0.25) is 0 Å². The number of nitrogens with zero attached hydrogens (tertiary/aromatic N) is 2. The number of methoxy groups -OCH3 is 1. The van der Waals surface area contributed by atoms with E-state index < -0.39 is 12.1 Å². The van der Waals surface area contributed by atoms with Gasteiger partial charge in [-0.05, 0) is 37.0 Å². The molecule has 2 unspecified atom stereocenters. The molecule has 1 saturated carbocycles. The van der Waals surface area contributed by atoms with E-state index in [-0.39, 0.29) is 18.0 Å². The average Bonchev–Trinajstić information content (AvgIpc) is 3.29. The van der Waals surface area contributed by atoms with Gasteiger partial charge < -0.3 is 26.0 Å². The van der Waals surface area contributed by atoms with Gasteiger partial charge in [-0.25, -0.2) is 9.59 Å². The molecule has 2 heterocycles. The summed E-state index contributed by atoms with van der Waals surface area (Å²) in [6.07, 6.45) is 3.02. The number of piperidine rings is 1. The molecule has 4 amide bonds. The number of carbonyl (C=O) groups excluding carboxylic acids is 3. The number of hydrogen-bond acceptors (Lipinski definition) is 4. The average molecular weight is 433 g/mol. The monoisotopic (exact) mass is 433 g/mol. The lowest BCUT2D eigenvalue weighted by Crippen LogP contribution is -2.47. The summed E-state index contributed by atoms with van der Waals surface area (Å²) < 4.78 is 6.50. The smallest absolute Gasteiger partial charge is 0.323 e. The van der Waals surface area contributed by atoms with Crippen LogP contribution in [0.5, 0.6) is 5.75 Å². The van der Waals surface area contributed by atoms with Crippen molar-refractivity contribution in [1.29, 1.82) is 0 Å². The Kier molecular flexibility index (Phi) is 4.73. The maximum absolute atomic E-state index is 13.2. The normalized spacial score (nSPS) is 21.2. The molecule has 9 nitrogen and oxygen atoms in total. The fourth-order valence-electron chi connectivity index (χ4n) is 4.55. The molecule has 0 radical (unpaired) electrons. The first-order chi connectivity index (χ1) is 15.5. The minimum absolute atomic E-state index is 0.0422. The lowest BCUT2D eigenvalue weighted by Gasteiger charge is -2.27. The number of primary amides is 1. The van der Waals surface area contributed by atoms with E-state index in [0.29, 0.717) is 40.4 Å². The number of fused-ring (bicyclic) bond motifs is 2. The number of rotatable bonds is 4. The maximum atomic E-state index is 13.2. The summed E-state index contributed by atoms with van der Waals surface area (Å²) in [5.41, 5.74) is 7.16. The first kappa shape index (κ1) is 19.9. The second-order valence-corrected chi connectivity index (χ2v) is 8.14. The van der Waals surface area contributed by atoms with Crippen molar-refractivity contribution in [1.82, 2.24) is 9.47 Å². The third-order valence-corrected chi connectivity index (χ3v) is 6.17. The first-order valence-corrected chi connectivity index (χ1v) is 10.4. The molecule has 2 aromatic carbocycles. The van der Waals surface area contributed by atoms with Gasteiger partial charge in [0.15, 0.2) is 0 Å². The van der Waals surface area contributed by atoms with Crippen LogP contribution >= 0.6 is 0 Å². The fraction of sp³-hybridized carbons (Fsp3) is 0.261.